The van der Waals surface area contributed by atoms with Crippen molar-refractivity contribution in [2.75, 3.05) is 25.0 Å². The molecule has 168 valence electrons. The van der Waals surface area contributed by atoms with Crippen molar-refractivity contribution in [3.05, 3.63) is 59.3 Å². The molecule has 0 radical (unpaired) electrons. The number of aromatic nitrogens is 4. The maximum Gasteiger partial charge on any atom is 0.255 e. The number of H-pyrrole nitrogens is 2. The predicted molar refractivity (Wildman–Crippen MR) is 124 cm³/mol. The molecule has 4 aromatic rings. The number of halogens is 1. The molecule has 2 aliphatic rings. The number of hydrogen-bond donors (Lipinski definition) is 5. The van der Waals surface area contributed by atoms with E-state index in [0.29, 0.717) is 34.7 Å². The summed E-state index contributed by atoms with van der Waals surface area (Å²) in [7, 11) is 0. The number of nitrogens with zero attached hydrogens (tertiary/aromatic N) is 2. The van der Waals surface area contributed by atoms with Gasteiger partial charge in [-0.05, 0) is 44.5 Å². The van der Waals surface area contributed by atoms with E-state index in [9.17, 15) is 9.18 Å². The number of anilines is 2. The molecule has 2 aliphatic heterocycles. The van der Waals surface area contributed by atoms with Crippen molar-refractivity contribution in [1.29, 1.82) is 0 Å². The van der Waals surface area contributed by atoms with Crippen LogP contribution in [0.2, 0.25) is 0 Å². The summed E-state index contributed by atoms with van der Waals surface area (Å²) in [5.41, 5.74) is 5.30. The van der Waals surface area contributed by atoms with Crippen LogP contribution in [0, 0.1) is 12.7 Å². The van der Waals surface area contributed by atoms with Crippen LogP contribution in [-0.2, 0) is 5.41 Å². The Morgan fingerprint density at radius 2 is 2.12 bits per heavy atom. The number of nitrogens with one attached hydrogen (secondary N) is 5. The molecule has 8 nitrogen and oxygen atoms in total. The van der Waals surface area contributed by atoms with E-state index >= 15 is 0 Å². The lowest BCUT2D eigenvalue weighted by molar-refractivity contribution is 0.0916. The smallest absolute Gasteiger partial charge is 0.255 e. The summed E-state index contributed by atoms with van der Waals surface area (Å²) < 4.78 is 14.3. The molecule has 1 atom stereocenters. The summed E-state index contributed by atoms with van der Waals surface area (Å²) in [6, 6.07) is 6.82. The molecule has 1 fully saturated rings. The summed E-state index contributed by atoms with van der Waals surface area (Å²) in [6.07, 6.45) is 5.43. The standard InChI is InChI=1S/C24H24FN7O/c1-13-16(25)4-2-5-17(13)30-20-18-21(24(12-28-23(18)33)7-3-8-26-11-24)31-19(20)14-6-9-27-22-15(14)10-29-32-22/h2,4-6,9-10,26,30-31H,3,7-8,11-12H2,1H3,(H,28,33)(H,27,29,32)/t24-/m0/s1. The minimum absolute atomic E-state index is 0.141. The largest absolute Gasteiger partial charge is 0.355 e. The Morgan fingerprint density at radius 3 is 2.97 bits per heavy atom. The lowest BCUT2D eigenvalue weighted by atomic mass is 9.74. The van der Waals surface area contributed by atoms with Gasteiger partial charge >= 0.3 is 0 Å². The van der Waals surface area contributed by atoms with Gasteiger partial charge in [0, 0.05) is 52.6 Å². The molecule has 0 bridgehead atoms. The van der Waals surface area contributed by atoms with Gasteiger partial charge in [-0.25, -0.2) is 9.37 Å². The third-order valence-corrected chi connectivity index (χ3v) is 6.97. The van der Waals surface area contributed by atoms with E-state index in [-0.39, 0.29) is 17.1 Å². The first kappa shape index (κ1) is 19.9. The van der Waals surface area contributed by atoms with Crippen molar-refractivity contribution >= 4 is 28.3 Å². The van der Waals surface area contributed by atoms with Crippen LogP contribution in [0.15, 0.2) is 36.7 Å². The van der Waals surface area contributed by atoms with Gasteiger partial charge in [0.05, 0.1) is 23.1 Å². The Balaban J connectivity index is 1.62. The summed E-state index contributed by atoms with van der Waals surface area (Å²) >= 11 is 0. The van der Waals surface area contributed by atoms with Crippen molar-refractivity contribution in [3.8, 4) is 11.3 Å². The van der Waals surface area contributed by atoms with Gasteiger partial charge in [0.2, 0.25) is 0 Å². The topological polar surface area (TPSA) is 111 Å². The zero-order chi connectivity index (χ0) is 22.6. The molecule has 6 rings (SSSR count). The van der Waals surface area contributed by atoms with E-state index in [4.69, 9.17) is 0 Å². The zero-order valence-corrected chi connectivity index (χ0v) is 18.2. The lowest BCUT2D eigenvalue weighted by Crippen LogP contribution is -2.54. The van der Waals surface area contributed by atoms with Crippen molar-refractivity contribution in [3.63, 3.8) is 0 Å². The number of hydrogen-bond acceptors (Lipinski definition) is 5. The molecule has 5 heterocycles. The molecule has 0 unspecified atom stereocenters. The van der Waals surface area contributed by atoms with E-state index in [2.05, 4.69) is 36.1 Å². The van der Waals surface area contributed by atoms with Gasteiger partial charge in [0.1, 0.15) is 5.82 Å². The van der Waals surface area contributed by atoms with Crippen molar-refractivity contribution in [2.45, 2.75) is 25.2 Å². The van der Waals surface area contributed by atoms with Crippen LogP contribution in [0.25, 0.3) is 22.3 Å². The fourth-order valence-corrected chi connectivity index (χ4v) is 5.16. The number of fused-ring (bicyclic) bond motifs is 3. The fourth-order valence-electron chi connectivity index (χ4n) is 5.16. The third kappa shape index (κ3) is 3.03. The SMILES string of the molecule is Cc1c(F)cccc1Nc1c(-c2ccnc3[nH]ncc23)[nH]c2c1C(=O)NC[C@@]21CCCNC1. The molecule has 0 aliphatic carbocycles. The number of carbonyl (C=O) groups excluding carboxylic acids is 1. The number of piperidine rings is 1. The highest BCUT2D eigenvalue weighted by Gasteiger charge is 2.44. The normalized spacial score (nSPS) is 20.1. The van der Waals surface area contributed by atoms with Crippen molar-refractivity contribution < 1.29 is 9.18 Å². The first-order valence-corrected chi connectivity index (χ1v) is 11.1. The van der Waals surface area contributed by atoms with Gasteiger partial charge in [-0.1, -0.05) is 6.07 Å². The second kappa shape index (κ2) is 7.41. The minimum atomic E-state index is -0.301. The molecular weight excluding hydrogens is 421 g/mol. The number of benzene rings is 1. The molecule has 1 amide bonds. The molecular formula is C24H24FN7O. The molecule has 33 heavy (non-hydrogen) atoms. The van der Waals surface area contributed by atoms with E-state index in [1.807, 2.05) is 12.1 Å². The van der Waals surface area contributed by atoms with Gasteiger partial charge in [0.15, 0.2) is 5.65 Å². The van der Waals surface area contributed by atoms with Gasteiger partial charge < -0.3 is 20.9 Å². The van der Waals surface area contributed by atoms with Crippen LogP contribution >= 0.6 is 0 Å². The number of amides is 1. The van der Waals surface area contributed by atoms with Gasteiger partial charge in [-0.2, -0.15) is 5.10 Å². The average Bonchev–Trinajstić information content (AvgIpc) is 3.46. The Hall–Kier alpha value is -3.72. The summed E-state index contributed by atoms with van der Waals surface area (Å²) in [4.78, 5) is 21.2. The number of carbonyl (C=O) groups is 1. The van der Waals surface area contributed by atoms with E-state index < -0.39 is 0 Å². The lowest BCUT2D eigenvalue weighted by Gasteiger charge is -2.40. The van der Waals surface area contributed by atoms with Crippen LogP contribution in [0.1, 0.15) is 34.5 Å². The van der Waals surface area contributed by atoms with Crippen LogP contribution in [0.5, 0.6) is 0 Å². The molecule has 1 aromatic carbocycles. The quantitative estimate of drug-likeness (QED) is 0.332. The number of rotatable bonds is 3. The first-order valence-electron chi connectivity index (χ1n) is 11.1. The highest BCUT2D eigenvalue weighted by atomic mass is 19.1. The van der Waals surface area contributed by atoms with E-state index in [1.165, 1.54) is 6.07 Å². The van der Waals surface area contributed by atoms with Crippen LogP contribution in [0.3, 0.4) is 0 Å². The summed E-state index contributed by atoms with van der Waals surface area (Å²) in [6.45, 7) is 4.04. The average molecular weight is 446 g/mol. The van der Waals surface area contributed by atoms with Crippen molar-refractivity contribution in [2.24, 2.45) is 0 Å². The van der Waals surface area contributed by atoms with Crippen molar-refractivity contribution in [1.82, 2.24) is 30.8 Å². The molecule has 5 N–H and O–H groups in total. The minimum Gasteiger partial charge on any atom is -0.355 e. The molecule has 1 spiro atoms. The second-order valence-corrected chi connectivity index (χ2v) is 8.90. The van der Waals surface area contributed by atoms with Gasteiger partial charge in [0.25, 0.3) is 5.91 Å². The highest BCUT2D eigenvalue weighted by molar-refractivity contribution is 6.08. The van der Waals surface area contributed by atoms with E-state index in [1.54, 1.807) is 25.4 Å². The predicted octanol–water partition coefficient (Wildman–Crippen LogP) is 3.51. The molecule has 1 saturated heterocycles. The number of aromatic amines is 2. The number of pyridine rings is 1. The molecule has 0 saturated carbocycles. The monoisotopic (exact) mass is 445 g/mol. The van der Waals surface area contributed by atoms with Gasteiger partial charge in [-0.3, -0.25) is 9.89 Å². The Morgan fingerprint density at radius 1 is 1.21 bits per heavy atom. The van der Waals surface area contributed by atoms with Crippen LogP contribution < -0.4 is 16.0 Å². The molecule has 9 heteroatoms. The third-order valence-electron chi connectivity index (χ3n) is 6.97. The van der Waals surface area contributed by atoms with Crippen LogP contribution in [0.4, 0.5) is 15.8 Å². The Bertz CT molecular complexity index is 1380. The summed E-state index contributed by atoms with van der Waals surface area (Å²) in [5, 5.41) is 17.9. The zero-order valence-electron chi connectivity index (χ0n) is 18.2. The van der Waals surface area contributed by atoms with Crippen LogP contribution in [-0.4, -0.2) is 45.7 Å². The Kier molecular flexibility index (Phi) is 4.48. The molecule has 3 aromatic heterocycles. The second-order valence-electron chi connectivity index (χ2n) is 8.90. The maximum absolute atomic E-state index is 14.3. The first-order chi connectivity index (χ1) is 16.1. The van der Waals surface area contributed by atoms with Gasteiger partial charge in [-0.15, -0.1) is 0 Å². The van der Waals surface area contributed by atoms with E-state index in [0.717, 1.165) is 48.3 Å². The maximum atomic E-state index is 14.3. The fraction of sp³-hybridized carbons (Fsp3) is 0.292. The summed E-state index contributed by atoms with van der Waals surface area (Å²) in [5.74, 6) is -0.442. The Labute approximate surface area is 189 Å². The highest BCUT2D eigenvalue weighted by Crippen LogP contribution is 2.45.